The van der Waals surface area contributed by atoms with Gasteiger partial charge in [0.25, 0.3) is 5.91 Å². The molecule has 1 aliphatic rings. The molecule has 2 atom stereocenters. The second-order valence-electron chi connectivity index (χ2n) is 12.7. The van der Waals surface area contributed by atoms with E-state index in [4.69, 9.17) is 14.2 Å². The number of hydrogen-bond acceptors (Lipinski definition) is 4. The molecule has 242 valence electrons. The lowest BCUT2D eigenvalue weighted by molar-refractivity contribution is -0.123. The molecule has 0 saturated heterocycles. The Bertz CT molecular complexity index is 1520. The van der Waals surface area contributed by atoms with Gasteiger partial charge in [0.1, 0.15) is 17.2 Å². The molecule has 5 heteroatoms. The SMILES string of the molecule is COc1ccc(C(C)c2ccc(OCC(=O)NC(c3ccc(C)cc3)c3ccc(C4CCCCCCCC4)cc3)cc2)c(OC)c1. The molecule has 0 aromatic heterocycles. The summed E-state index contributed by atoms with van der Waals surface area (Å²) in [4.78, 5) is 13.3. The summed E-state index contributed by atoms with van der Waals surface area (Å²) < 4.78 is 16.9. The summed E-state index contributed by atoms with van der Waals surface area (Å²) in [6.45, 7) is 4.16. The van der Waals surface area contributed by atoms with E-state index in [-0.39, 0.29) is 24.5 Å². The van der Waals surface area contributed by atoms with Crippen molar-refractivity contribution in [2.45, 2.75) is 83.1 Å². The van der Waals surface area contributed by atoms with Crippen molar-refractivity contribution in [3.05, 3.63) is 124 Å². The predicted octanol–water partition coefficient (Wildman–Crippen LogP) is 9.67. The molecule has 1 saturated carbocycles. The lowest BCUT2D eigenvalue weighted by Gasteiger charge is -2.22. The van der Waals surface area contributed by atoms with Crippen LogP contribution in [0.5, 0.6) is 17.2 Å². The van der Waals surface area contributed by atoms with E-state index in [1.807, 2.05) is 42.5 Å². The van der Waals surface area contributed by atoms with Crippen molar-refractivity contribution < 1.29 is 19.0 Å². The third-order valence-corrected chi connectivity index (χ3v) is 9.47. The van der Waals surface area contributed by atoms with Gasteiger partial charge in [0.2, 0.25) is 0 Å². The van der Waals surface area contributed by atoms with Gasteiger partial charge in [-0.2, -0.15) is 0 Å². The first-order valence-electron chi connectivity index (χ1n) is 16.9. The predicted molar refractivity (Wildman–Crippen MR) is 186 cm³/mol. The zero-order chi connectivity index (χ0) is 32.3. The molecular weight excluding hydrogens is 570 g/mol. The van der Waals surface area contributed by atoms with Crippen LogP contribution in [0.2, 0.25) is 0 Å². The van der Waals surface area contributed by atoms with Gasteiger partial charge >= 0.3 is 0 Å². The average Bonchev–Trinajstić information content (AvgIpc) is 3.24. The fourth-order valence-electron chi connectivity index (χ4n) is 6.60. The number of hydrogen-bond donors (Lipinski definition) is 1. The first-order valence-corrected chi connectivity index (χ1v) is 16.9. The first kappa shape index (κ1) is 33.1. The number of ether oxygens (including phenoxy) is 3. The summed E-state index contributed by atoms with van der Waals surface area (Å²) >= 11 is 0. The van der Waals surface area contributed by atoms with Crippen LogP contribution in [0, 0.1) is 6.92 Å². The van der Waals surface area contributed by atoms with Crippen LogP contribution in [0.25, 0.3) is 0 Å². The van der Waals surface area contributed by atoms with Gasteiger partial charge in [-0.05, 0) is 66.1 Å². The monoisotopic (exact) mass is 619 g/mol. The Hall–Kier alpha value is -4.25. The van der Waals surface area contributed by atoms with E-state index in [1.54, 1.807) is 14.2 Å². The van der Waals surface area contributed by atoms with Crippen molar-refractivity contribution in [2.24, 2.45) is 0 Å². The van der Waals surface area contributed by atoms with Gasteiger partial charge < -0.3 is 19.5 Å². The minimum absolute atomic E-state index is 0.0658. The summed E-state index contributed by atoms with van der Waals surface area (Å²) in [5.41, 5.74) is 6.95. The van der Waals surface area contributed by atoms with Crippen LogP contribution in [0.1, 0.15) is 110 Å². The highest BCUT2D eigenvalue weighted by Gasteiger charge is 2.20. The highest BCUT2D eigenvalue weighted by molar-refractivity contribution is 5.78. The molecule has 5 rings (SSSR count). The minimum atomic E-state index is -0.256. The molecule has 2 unspecified atom stereocenters. The lowest BCUT2D eigenvalue weighted by atomic mass is 9.88. The number of amides is 1. The second kappa shape index (κ2) is 16.4. The highest BCUT2D eigenvalue weighted by atomic mass is 16.5. The molecule has 0 aliphatic heterocycles. The Kier molecular flexibility index (Phi) is 11.8. The summed E-state index contributed by atoms with van der Waals surface area (Å²) in [5.74, 6) is 2.77. The van der Waals surface area contributed by atoms with Gasteiger partial charge in [-0.15, -0.1) is 0 Å². The molecule has 5 nitrogen and oxygen atoms in total. The third kappa shape index (κ3) is 8.72. The summed E-state index contributed by atoms with van der Waals surface area (Å²) in [5, 5.41) is 3.25. The molecule has 46 heavy (non-hydrogen) atoms. The molecule has 0 radical (unpaired) electrons. The molecule has 4 aromatic rings. The Morgan fingerprint density at radius 3 is 1.89 bits per heavy atom. The Morgan fingerprint density at radius 2 is 1.28 bits per heavy atom. The average molecular weight is 620 g/mol. The summed E-state index contributed by atoms with van der Waals surface area (Å²) in [7, 11) is 3.32. The van der Waals surface area contributed by atoms with Crippen molar-refractivity contribution in [1.29, 1.82) is 0 Å². The molecule has 1 amide bonds. The Morgan fingerprint density at radius 1 is 0.717 bits per heavy atom. The quantitative estimate of drug-likeness (QED) is 0.182. The van der Waals surface area contributed by atoms with Crippen LogP contribution in [0.15, 0.2) is 91.0 Å². The van der Waals surface area contributed by atoms with E-state index < -0.39 is 0 Å². The highest BCUT2D eigenvalue weighted by Crippen LogP contribution is 2.35. The van der Waals surface area contributed by atoms with Crippen molar-refractivity contribution in [2.75, 3.05) is 20.8 Å². The standard InChI is InChI=1S/C41H49NO4/c1-29-13-15-34(16-14-29)41(35-19-17-33(18-20-35)32-11-9-7-5-6-8-10-12-32)42-40(43)28-46-36-23-21-31(22-24-36)30(2)38-26-25-37(44-3)27-39(38)45-4/h13-27,30,32,41H,5-12,28H2,1-4H3,(H,42,43). The molecule has 0 bridgehead atoms. The van der Waals surface area contributed by atoms with E-state index in [2.05, 4.69) is 67.7 Å². The van der Waals surface area contributed by atoms with Crippen LogP contribution in [-0.2, 0) is 4.79 Å². The van der Waals surface area contributed by atoms with Crippen molar-refractivity contribution >= 4 is 5.91 Å². The number of nitrogens with one attached hydrogen (secondary N) is 1. The molecule has 1 fully saturated rings. The number of carbonyl (C=O) groups excluding carboxylic acids is 1. The number of methoxy groups -OCH3 is 2. The number of carbonyl (C=O) groups is 1. The molecule has 4 aromatic carbocycles. The minimum Gasteiger partial charge on any atom is -0.497 e. The van der Waals surface area contributed by atoms with E-state index in [1.165, 1.54) is 62.5 Å². The molecule has 0 heterocycles. The Balaban J connectivity index is 1.24. The zero-order valence-corrected chi connectivity index (χ0v) is 27.9. The van der Waals surface area contributed by atoms with Crippen LogP contribution < -0.4 is 19.5 Å². The maximum Gasteiger partial charge on any atom is 0.258 e. The first-order chi connectivity index (χ1) is 22.4. The summed E-state index contributed by atoms with van der Waals surface area (Å²) in [6.07, 6.45) is 10.6. The van der Waals surface area contributed by atoms with E-state index in [0.717, 1.165) is 33.8 Å². The molecule has 1 aliphatic carbocycles. The number of aryl methyl sites for hydroxylation is 1. The fraction of sp³-hybridized carbons (Fsp3) is 0.390. The topological polar surface area (TPSA) is 56.8 Å². The van der Waals surface area contributed by atoms with Crippen LogP contribution in [-0.4, -0.2) is 26.7 Å². The van der Waals surface area contributed by atoms with Gasteiger partial charge in [0.05, 0.1) is 20.3 Å². The zero-order valence-electron chi connectivity index (χ0n) is 27.9. The lowest BCUT2D eigenvalue weighted by Crippen LogP contribution is -2.33. The van der Waals surface area contributed by atoms with Gasteiger partial charge in [0.15, 0.2) is 6.61 Å². The van der Waals surface area contributed by atoms with Crippen LogP contribution >= 0.6 is 0 Å². The summed E-state index contributed by atoms with van der Waals surface area (Å²) in [6, 6.07) is 30.9. The normalized spacial score (nSPS) is 15.5. The van der Waals surface area contributed by atoms with Crippen molar-refractivity contribution in [3.63, 3.8) is 0 Å². The molecule has 1 N–H and O–H groups in total. The third-order valence-electron chi connectivity index (χ3n) is 9.47. The number of benzene rings is 4. The molecule has 0 spiro atoms. The van der Waals surface area contributed by atoms with Gasteiger partial charge in [-0.25, -0.2) is 0 Å². The largest absolute Gasteiger partial charge is 0.497 e. The van der Waals surface area contributed by atoms with E-state index in [0.29, 0.717) is 11.7 Å². The fourth-order valence-corrected chi connectivity index (χ4v) is 6.60. The Labute approximate surface area is 275 Å². The van der Waals surface area contributed by atoms with Crippen LogP contribution in [0.3, 0.4) is 0 Å². The maximum absolute atomic E-state index is 13.3. The molecular formula is C41H49NO4. The maximum atomic E-state index is 13.3. The number of rotatable bonds is 11. The van der Waals surface area contributed by atoms with Crippen molar-refractivity contribution in [3.8, 4) is 17.2 Å². The van der Waals surface area contributed by atoms with Crippen molar-refractivity contribution in [1.82, 2.24) is 5.32 Å². The van der Waals surface area contributed by atoms with Gasteiger partial charge in [-0.1, -0.05) is 118 Å². The van der Waals surface area contributed by atoms with Crippen LogP contribution in [0.4, 0.5) is 0 Å². The van der Waals surface area contributed by atoms with Gasteiger partial charge in [0, 0.05) is 17.5 Å². The smallest absolute Gasteiger partial charge is 0.258 e. The van der Waals surface area contributed by atoms with Gasteiger partial charge in [-0.3, -0.25) is 4.79 Å². The second-order valence-corrected chi connectivity index (χ2v) is 12.7. The van der Waals surface area contributed by atoms with E-state index in [9.17, 15) is 4.79 Å². The van der Waals surface area contributed by atoms with E-state index >= 15 is 0 Å².